The minimum Gasteiger partial charge on any atom is -0.481 e. The van der Waals surface area contributed by atoms with Gasteiger partial charge in [0.15, 0.2) is 18.5 Å². The zero-order valence-electron chi connectivity index (χ0n) is 30.7. The van der Waals surface area contributed by atoms with Gasteiger partial charge in [-0.05, 0) is 79.6 Å². The molecule has 5 N–H and O–H groups in total. The summed E-state index contributed by atoms with van der Waals surface area (Å²) in [5.41, 5.74) is -0.498. The van der Waals surface area contributed by atoms with E-state index in [0.717, 1.165) is 12.0 Å². The van der Waals surface area contributed by atoms with E-state index >= 15 is 0 Å². The normalized spacial score (nSPS) is 38.8. The van der Waals surface area contributed by atoms with Gasteiger partial charge in [-0.25, -0.2) is 8.37 Å². The molecule has 55 heavy (non-hydrogen) atoms. The van der Waals surface area contributed by atoms with Crippen molar-refractivity contribution in [3.8, 4) is 0 Å². The van der Waals surface area contributed by atoms with Crippen LogP contribution >= 0.6 is 0 Å². The molecule has 5 rings (SSSR count). The van der Waals surface area contributed by atoms with Crippen LogP contribution in [0, 0.1) is 40.4 Å². The van der Waals surface area contributed by atoms with E-state index < -0.39 is 124 Å². The van der Waals surface area contributed by atoms with Crippen molar-refractivity contribution in [2.75, 3.05) is 6.61 Å². The number of hydrogen-bond donors (Lipinski definition) is 5. The van der Waals surface area contributed by atoms with E-state index in [9.17, 15) is 55.3 Å². The molecule has 0 radical (unpaired) electrons. The summed E-state index contributed by atoms with van der Waals surface area (Å²) in [5.74, 6) is -6.15. The Hall–Kier alpha value is -2.76. The molecule has 5 aliphatic rings. The predicted octanol–water partition coefficient (Wildman–Crippen LogP) is 2.08. The molecule has 0 amide bonds. The summed E-state index contributed by atoms with van der Waals surface area (Å²) in [6.45, 7) is 8.46. The maximum atomic E-state index is 13.1. The van der Waals surface area contributed by atoms with Crippen molar-refractivity contribution in [3.05, 3.63) is 12.2 Å². The van der Waals surface area contributed by atoms with Crippen LogP contribution in [0.25, 0.3) is 0 Å². The number of esters is 2. The van der Waals surface area contributed by atoms with E-state index in [0.29, 0.717) is 25.7 Å². The first-order valence-electron chi connectivity index (χ1n) is 18.2. The standard InChI is InChI=1S/C34H50O19S2/c1-16(2)11-26(38)51-29-28(53-55(45,46)47)27(52-54(42,43)44)22(15-48-25(37)8-7-24(35)36)50-32(29)49-19-12-20(31(40)41)21-9-10-34-13-18(17(3)30(34)39)5-6-23(34)33(21,4)14-19/h16,18-23,27-30,32,39H,3,5-15H2,1-2,4H3,(H,35,36)(H,40,41)(H,42,43,44)(H,45,46,47)/t18?,19?,20?,21?,22-,23?,27+,28+,29?,30-,32+,33?,34?/m0/s1. The molecule has 19 nitrogen and oxygen atoms in total. The molecular weight excluding hydrogens is 776 g/mol. The van der Waals surface area contributed by atoms with E-state index in [4.69, 9.17) is 32.4 Å². The number of aliphatic hydroxyl groups is 1. The Labute approximate surface area is 318 Å². The molecule has 0 aromatic rings. The SMILES string of the molecule is C=C1C2CCC3C4(C)CC(O[C@@H]5O[C@@H](COC(=O)CCC(=O)O)[C@@H](OS(=O)(=O)O)[C@@H](OS(=O)(=O)O)C5OC(=O)CC(C)C)CC(C(=O)O)C4CCC3(C2)[C@H]1O. The molecule has 8 unspecified atom stereocenters. The van der Waals surface area contributed by atoms with Crippen molar-refractivity contribution in [2.24, 2.45) is 40.4 Å². The van der Waals surface area contributed by atoms with E-state index in [-0.39, 0.29) is 42.9 Å². The van der Waals surface area contributed by atoms with E-state index in [1.54, 1.807) is 13.8 Å². The van der Waals surface area contributed by atoms with Gasteiger partial charge in [-0.3, -0.25) is 28.3 Å². The average molecular weight is 827 g/mol. The van der Waals surface area contributed by atoms with Gasteiger partial charge in [0.05, 0.1) is 31.0 Å². The van der Waals surface area contributed by atoms with Crippen LogP contribution in [0.2, 0.25) is 0 Å². The molecule has 1 spiro atoms. The Kier molecular flexibility index (Phi) is 12.8. The second kappa shape index (κ2) is 16.2. The molecule has 0 aromatic heterocycles. The number of hydrogen-bond acceptors (Lipinski definition) is 15. The van der Waals surface area contributed by atoms with Gasteiger partial charge in [-0.15, -0.1) is 0 Å². The Morgan fingerprint density at radius 2 is 1.58 bits per heavy atom. The van der Waals surface area contributed by atoms with Crippen LogP contribution in [0.1, 0.15) is 85.0 Å². The van der Waals surface area contributed by atoms with Gasteiger partial charge in [-0.1, -0.05) is 27.4 Å². The van der Waals surface area contributed by atoms with Crippen LogP contribution in [0.15, 0.2) is 12.2 Å². The van der Waals surface area contributed by atoms with E-state index in [1.807, 2.05) is 6.92 Å². The van der Waals surface area contributed by atoms with Crippen LogP contribution in [-0.4, -0.2) is 115 Å². The topological polar surface area (TPSA) is 293 Å². The van der Waals surface area contributed by atoms with Gasteiger partial charge >= 0.3 is 44.7 Å². The molecule has 1 heterocycles. The summed E-state index contributed by atoms with van der Waals surface area (Å²) in [6, 6.07) is 0. The molecule has 5 fully saturated rings. The Morgan fingerprint density at radius 1 is 0.927 bits per heavy atom. The first-order chi connectivity index (χ1) is 25.4. The number of carbonyl (C=O) groups is 4. The molecule has 2 bridgehead atoms. The van der Waals surface area contributed by atoms with E-state index in [1.165, 1.54) is 0 Å². The largest absolute Gasteiger partial charge is 0.481 e. The van der Waals surface area contributed by atoms with Crippen LogP contribution in [-0.2, 0) is 67.3 Å². The fourth-order valence-corrected chi connectivity index (χ4v) is 11.3. The third-order valence-corrected chi connectivity index (χ3v) is 13.2. The van der Waals surface area contributed by atoms with Crippen molar-refractivity contribution in [2.45, 2.75) is 128 Å². The lowest BCUT2D eigenvalue weighted by atomic mass is 9.43. The minimum atomic E-state index is -5.55. The van der Waals surface area contributed by atoms with E-state index in [2.05, 4.69) is 6.58 Å². The van der Waals surface area contributed by atoms with Crippen molar-refractivity contribution >= 4 is 44.7 Å². The summed E-state index contributed by atoms with van der Waals surface area (Å²) in [5, 5.41) is 31.0. The third-order valence-electron chi connectivity index (χ3n) is 12.3. The number of aliphatic carboxylic acids is 2. The fourth-order valence-electron chi connectivity index (χ4n) is 10.3. The highest BCUT2D eigenvalue weighted by molar-refractivity contribution is 7.81. The first kappa shape index (κ1) is 43.4. The smallest absolute Gasteiger partial charge is 0.397 e. The molecular formula is C34H50O19S2. The summed E-state index contributed by atoms with van der Waals surface area (Å²) in [6.07, 6.45) is -10.5. The molecule has 0 aromatic carbocycles. The first-order valence-corrected chi connectivity index (χ1v) is 21.0. The lowest BCUT2D eigenvalue weighted by Gasteiger charge is -2.62. The van der Waals surface area contributed by atoms with Crippen molar-refractivity contribution in [1.29, 1.82) is 0 Å². The number of carbonyl (C=O) groups excluding carboxylic acids is 2. The fraction of sp³-hybridized carbons (Fsp3) is 0.824. The predicted molar refractivity (Wildman–Crippen MR) is 183 cm³/mol. The second-order valence-corrected chi connectivity index (χ2v) is 18.3. The highest BCUT2D eigenvalue weighted by atomic mass is 32.3. The molecule has 312 valence electrons. The Morgan fingerprint density at radius 3 is 2.18 bits per heavy atom. The van der Waals surface area contributed by atoms with Crippen LogP contribution in [0.3, 0.4) is 0 Å². The lowest BCUT2D eigenvalue weighted by Crippen LogP contribution is -2.64. The highest BCUT2D eigenvalue weighted by Gasteiger charge is 2.67. The average Bonchev–Trinajstić information content (AvgIpc) is 3.22. The van der Waals surface area contributed by atoms with Crippen LogP contribution in [0.4, 0.5) is 0 Å². The third kappa shape index (κ3) is 9.52. The number of fused-ring (bicyclic) bond motifs is 3. The van der Waals surface area contributed by atoms with Gasteiger partial charge in [0.1, 0.15) is 18.8 Å². The molecule has 13 atom stereocenters. The summed E-state index contributed by atoms with van der Waals surface area (Å²) < 4.78 is 101. The van der Waals surface area contributed by atoms with Gasteiger partial charge in [0.25, 0.3) is 0 Å². The van der Waals surface area contributed by atoms with Crippen molar-refractivity contribution in [1.82, 2.24) is 0 Å². The van der Waals surface area contributed by atoms with Crippen molar-refractivity contribution in [3.63, 3.8) is 0 Å². The quantitative estimate of drug-likeness (QED) is 0.0683. The Balaban J connectivity index is 1.53. The lowest BCUT2D eigenvalue weighted by molar-refractivity contribution is -0.316. The second-order valence-electron chi connectivity index (χ2n) is 16.2. The summed E-state index contributed by atoms with van der Waals surface area (Å²) >= 11 is 0. The van der Waals surface area contributed by atoms with Gasteiger partial charge in [0, 0.05) is 11.8 Å². The summed E-state index contributed by atoms with van der Waals surface area (Å²) in [7, 11) is -11.1. The molecule has 21 heteroatoms. The van der Waals surface area contributed by atoms with Crippen LogP contribution in [0.5, 0.6) is 0 Å². The number of carboxylic acid groups (broad SMARTS) is 2. The number of aliphatic hydroxyl groups excluding tert-OH is 1. The number of ether oxygens (including phenoxy) is 4. The minimum absolute atomic E-state index is 0.0939. The number of carboxylic acids is 2. The zero-order chi connectivity index (χ0) is 40.8. The molecule has 1 aliphatic heterocycles. The van der Waals surface area contributed by atoms with Gasteiger partial charge in [0.2, 0.25) is 0 Å². The highest BCUT2D eigenvalue weighted by Crippen LogP contribution is 2.70. The molecule has 4 aliphatic carbocycles. The molecule has 1 saturated heterocycles. The van der Waals surface area contributed by atoms with Gasteiger partial charge in [-0.2, -0.15) is 16.8 Å². The molecule has 4 saturated carbocycles. The number of rotatable bonds is 15. The van der Waals surface area contributed by atoms with Gasteiger partial charge < -0.3 is 34.3 Å². The monoisotopic (exact) mass is 826 g/mol. The Bertz CT molecular complexity index is 1730. The zero-order valence-corrected chi connectivity index (χ0v) is 32.3. The summed E-state index contributed by atoms with van der Waals surface area (Å²) in [4.78, 5) is 49.4. The maximum Gasteiger partial charge on any atom is 0.397 e. The van der Waals surface area contributed by atoms with Crippen molar-refractivity contribution < 1.29 is 87.8 Å². The maximum absolute atomic E-state index is 13.1. The van der Waals surface area contributed by atoms with Crippen LogP contribution < -0.4 is 0 Å².